The Morgan fingerprint density at radius 1 is 1.47 bits per heavy atom. The predicted molar refractivity (Wildman–Crippen MR) is 70.4 cm³/mol. The van der Waals surface area contributed by atoms with Gasteiger partial charge in [0.05, 0.1) is 7.11 Å². The first kappa shape index (κ1) is 13.8. The van der Waals surface area contributed by atoms with E-state index in [2.05, 4.69) is 22.5 Å². The molecule has 1 aromatic rings. The Morgan fingerprint density at radius 2 is 2.12 bits per heavy atom. The van der Waals surface area contributed by atoms with Crippen LogP contribution in [0.4, 0.5) is 0 Å². The van der Waals surface area contributed by atoms with Gasteiger partial charge in [-0.25, -0.2) is 4.79 Å². The van der Waals surface area contributed by atoms with Crippen LogP contribution < -0.4 is 4.74 Å². The zero-order valence-corrected chi connectivity index (χ0v) is 11.7. The van der Waals surface area contributed by atoms with E-state index in [4.69, 9.17) is 9.47 Å². The summed E-state index contributed by atoms with van der Waals surface area (Å²) in [5.74, 6) is 0.0473. The second kappa shape index (κ2) is 5.36. The number of rotatable bonds is 4. The Morgan fingerprint density at radius 3 is 2.65 bits per heavy atom. The maximum Gasteiger partial charge on any atom is 0.341 e. The van der Waals surface area contributed by atoms with Crippen LogP contribution in [0.15, 0.2) is 35.3 Å². The minimum absolute atomic E-state index is 0.386. The maximum atomic E-state index is 11.6. The Kier molecular flexibility index (Phi) is 4.34. The van der Waals surface area contributed by atoms with Crippen molar-refractivity contribution >= 4 is 21.9 Å². The van der Waals surface area contributed by atoms with E-state index in [0.717, 1.165) is 4.47 Å². The number of hydrogen-bond donors (Lipinski definition) is 0. The summed E-state index contributed by atoms with van der Waals surface area (Å²) in [4.78, 5) is 11.6. The topological polar surface area (TPSA) is 35.5 Å². The molecule has 0 atom stereocenters. The van der Waals surface area contributed by atoms with Crippen LogP contribution in [-0.2, 0) is 4.74 Å². The van der Waals surface area contributed by atoms with Gasteiger partial charge in [-0.3, -0.25) is 0 Å². The van der Waals surface area contributed by atoms with Gasteiger partial charge in [-0.2, -0.15) is 0 Å². The maximum absolute atomic E-state index is 11.6. The molecule has 0 aromatic heterocycles. The van der Waals surface area contributed by atoms with Crippen LogP contribution in [0.25, 0.3) is 0 Å². The Hall–Kier alpha value is -1.29. The zero-order chi connectivity index (χ0) is 13.1. The smallest absolute Gasteiger partial charge is 0.341 e. The lowest BCUT2D eigenvalue weighted by Gasteiger charge is -2.23. The number of ether oxygens (including phenoxy) is 2. The second-order valence-corrected chi connectivity index (χ2v) is 4.96. The Bertz CT molecular complexity index is 438. The third kappa shape index (κ3) is 3.60. The highest BCUT2D eigenvalue weighted by Crippen LogP contribution is 2.27. The van der Waals surface area contributed by atoms with Crippen molar-refractivity contribution in [2.24, 2.45) is 0 Å². The highest BCUT2D eigenvalue weighted by Gasteiger charge is 2.20. The first-order valence-corrected chi connectivity index (χ1v) is 5.89. The number of halogens is 1. The predicted octanol–water partition coefficient (Wildman–Crippen LogP) is 3.58. The van der Waals surface area contributed by atoms with Gasteiger partial charge < -0.3 is 9.47 Å². The van der Waals surface area contributed by atoms with Gasteiger partial charge >= 0.3 is 5.97 Å². The van der Waals surface area contributed by atoms with Crippen LogP contribution in [0.2, 0.25) is 0 Å². The fourth-order valence-electron chi connectivity index (χ4n) is 1.19. The minimum Gasteiger partial charge on any atom is -0.483 e. The number of esters is 1. The molecule has 1 rings (SSSR count). The monoisotopic (exact) mass is 298 g/mol. The van der Waals surface area contributed by atoms with Crippen molar-refractivity contribution in [1.82, 2.24) is 0 Å². The fourth-order valence-corrected chi connectivity index (χ4v) is 1.55. The van der Waals surface area contributed by atoms with Gasteiger partial charge in [0.25, 0.3) is 0 Å². The minimum atomic E-state index is -0.545. The lowest BCUT2D eigenvalue weighted by molar-refractivity contribution is 0.0590. The standard InChI is InChI=1S/C13H15BrO3/c1-5-13(2,3)17-11-7-6-9(14)8-10(11)12(15)16-4/h5-8H,1H2,2-4H3. The number of carbonyl (C=O) groups is 1. The molecule has 0 fully saturated rings. The van der Waals surface area contributed by atoms with E-state index in [-0.39, 0.29) is 0 Å². The van der Waals surface area contributed by atoms with E-state index >= 15 is 0 Å². The van der Waals surface area contributed by atoms with E-state index < -0.39 is 11.6 Å². The van der Waals surface area contributed by atoms with Crippen LogP contribution in [0, 0.1) is 0 Å². The molecular formula is C13H15BrO3. The normalized spacial score (nSPS) is 10.8. The first-order chi connectivity index (χ1) is 7.89. The molecular weight excluding hydrogens is 284 g/mol. The van der Waals surface area contributed by atoms with Crippen LogP contribution in [0.3, 0.4) is 0 Å². The van der Waals surface area contributed by atoms with E-state index in [1.807, 2.05) is 13.8 Å². The van der Waals surface area contributed by atoms with Crippen LogP contribution >= 0.6 is 15.9 Å². The van der Waals surface area contributed by atoms with Crippen LogP contribution in [-0.4, -0.2) is 18.7 Å². The van der Waals surface area contributed by atoms with Gasteiger partial charge in [0, 0.05) is 4.47 Å². The van der Waals surface area contributed by atoms with E-state index in [1.54, 1.807) is 24.3 Å². The summed E-state index contributed by atoms with van der Waals surface area (Å²) in [6.45, 7) is 7.42. The summed E-state index contributed by atoms with van der Waals surface area (Å²) >= 11 is 3.31. The average Bonchev–Trinajstić information content (AvgIpc) is 2.30. The summed E-state index contributed by atoms with van der Waals surface area (Å²) in [6, 6.07) is 5.20. The Labute approximate surface area is 110 Å². The zero-order valence-electron chi connectivity index (χ0n) is 10.1. The van der Waals surface area contributed by atoms with E-state index in [1.165, 1.54) is 7.11 Å². The van der Waals surface area contributed by atoms with Crippen molar-refractivity contribution in [3.8, 4) is 5.75 Å². The Balaban J connectivity index is 3.15. The van der Waals surface area contributed by atoms with Crippen molar-refractivity contribution in [3.63, 3.8) is 0 Å². The van der Waals surface area contributed by atoms with Gasteiger partial charge in [-0.1, -0.05) is 22.5 Å². The van der Waals surface area contributed by atoms with Gasteiger partial charge in [-0.15, -0.1) is 0 Å². The number of methoxy groups -OCH3 is 1. The summed E-state index contributed by atoms with van der Waals surface area (Å²) < 4.78 is 11.2. The van der Waals surface area contributed by atoms with Crippen molar-refractivity contribution in [2.75, 3.05) is 7.11 Å². The molecule has 92 valence electrons. The van der Waals surface area contributed by atoms with E-state index in [0.29, 0.717) is 11.3 Å². The van der Waals surface area contributed by atoms with Gasteiger partial charge in [-0.05, 0) is 38.1 Å². The van der Waals surface area contributed by atoms with E-state index in [9.17, 15) is 4.79 Å². The molecule has 0 saturated heterocycles. The summed E-state index contributed by atoms with van der Waals surface area (Å²) in [5.41, 5.74) is -0.159. The van der Waals surface area contributed by atoms with Crippen LogP contribution in [0.1, 0.15) is 24.2 Å². The number of hydrogen-bond acceptors (Lipinski definition) is 3. The highest BCUT2D eigenvalue weighted by molar-refractivity contribution is 9.10. The molecule has 0 aliphatic heterocycles. The second-order valence-electron chi connectivity index (χ2n) is 4.04. The summed E-state index contributed by atoms with van der Waals surface area (Å²) in [7, 11) is 1.34. The van der Waals surface area contributed by atoms with Gasteiger partial charge in [0.15, 0.2) is 0 Å². The van der Waals surface area contributed by atoms with Crippen LogP contribution in [0.5, 0.6) is 5.75 Å². The van der Waals surface area contributed by atoms with Crippen molar-refractivity contribution < 1.29 is 14.3 Å². The highest BCUT2D eigenvalue weighted by atomic mass is 79.9. The van der Waals surface area contributed by atoms with Crippen molar-refractivity contribution in [3.05, 3.63) is 40.9 Å². The molecule has 0 N–H and O–H groups in total. The molecule has 0 unspecified atom stereocenters. The molecule has 0 heterocycles. The molecule has 4 heteroatoms. The molecule has 0 bridgehead atoms. The molecule has 17 heavy (non-hydrogen) atoms. The first-order valence-electron chi connectivity index (χ1n) is 5.10. The lowest BCUT2D eigenvalue weighted by Crippen LogP contribution is -2.25. The molecule has 1 aromatic carbocycles. The molecule has 3 nitrogen and oxygen atoms in total. The molecule has 0 amide bonds. The average molecular weight is 299 g/mol. The lowest BCUT2D eigenvalue weighted by atomic mass is 10.1. The number of benzene rings is 1. The third-order valence-corrected chi connectivity index (χ3v) is 2.70. The summed E-state index contributed by atoms with van der Waals surface area (Å²) in [5, 5.41) is 0. The summed E-state index contributed by atoms with van der Waals surface area (Å²) in [6.07, 6.45) is 1.68. The molecule has 0 spiro atoms. The van der Waals surface area contributed by atoms with Gasteiger partial charge in [0.1, 0.15) is 16.9 Å². The molecule has 0 radical (unpaired) electrons. The van der Waals surface area contributed by atoms with Gasteiger partial charge in [0.2, 0.25) is 0 Å². The number of carbonyl (C=O) groups excluding carboxylic acids is 1. The third-order valence-electron chi connectivity index (χ3n) is 2.21. The fraction of sp³-hybridized carbons (Fsp3) is 0.308. The molecule has 0 aliphatic carbocycles. The molecule has 0 saturated carbocycles. The quantitative estimate of drug-likeness (QED) is 0.629. The van der Waals surface area contributed by atoms with Crippen molar-refractivity contribution in [2.45, 2.75) is 19.4 Å². The van der Waals surface area contributed by atoms with Crippen molar-refractivity contribution in [1.29, 1.82) is 0 Å². The molecule has 0 aliphatic rings. The SMILES string of the molecule is C=CC(C)(C)Oc1ccc(Br)cc1C(=O)OC. The largest absolute Gasteiger partial charge is 0.483 e.